The molecule has 1 aromatic rings. The van der Waals surface area contributed by atoms with Crippen LogP contribution in [0.4, 0.5) is 5.69 Å². The number of hydrogen-bond donors (Lipinski definition) is 3. The molecule has 0 bridgehead atoms. The van der Waals surface area contributed by atoms with Crippen LogP contribution in [-0.2, 0) is 0 Å². The summed E-state index contributed by atoms with van der Waals surface area (Å²) < 4.78 is 0. The highest BCUT2D eigenvalue weighted by Gasteiger charge is 2.47. The molecule has 1 aliphatic carbocycles. The predicted molar refractivity (Wildman–Crippen MR) is 64.7 cm³/mol. The minimum atomic E-state index is -0.220. The van der Waals surface area contributed by atoms with E-state index in [1.54, 1.807) is 12.1 Å². The largest absolute Gasteiger partial charge is 0.508 e. The number of benzene rings is 1. The Hall–Kier alpha value is -1.22. The van der Waals surface area contributed by atoms with Crippen molar-refractivity contribution < 1.29 is 10.2 Å². The normalized spacial score (nSPS) is 27.2. The molecule has 16 heavy (non-hydrogen) atoms. The summed E-state index contributed by atoms with van der Waals surface area (Å²) in [5, 5.41) is 22.4. The van der Waals surface area contributed by atoms with Crippen LogP contribution < -0.4 is 5.32 Å². The molecule has 2 atom stereocenters. The molecule has 3 nitrogen and oxygen atoms in total. The highest BCUT2D eigenvalue weighted by atomic mass is 16.3. The molecular weight excluding hydrogens is 202 g/mol. The van der Waals surface area contributed by atoms with Crippen molar-refractivity contribution in [2.24, 2.45) is 5.41 Å². The van der Waals surface area contributed by atoms with E-state index in [0.717, 1.165) is 17.7 Å². The maximum atomic E-state index is 9.66. The highest BCUT2D eigenvalue weighted by molar-refractivity contribution is 5.54. The average molecular weight is 221 g/mol. The minimum absolute atomic E-state index is 0.0790. The van der Waals surface area contributed by atoms with Crippen molar-refractivity contribution in [1.29, 1.82) is 0 Å². The van der Waals surface area contributed by atoms with Crippen molar-refractivity contribution >= 4 is 5.69 Å². The van der Waals surface area contributed by atoms with Gasteiger partial charge in [0.05, 0.1) is 6.10 Å². The fourth-order valence-corrected chi connectivity index (χ4v) is 2.14. The predicted octanol–water partition coefficient (Wildman–Crippen LogP) is 2.27. The Balaban J connectivity index is 2.11. The van der Waals surface area contributed by atoms with Crippen LogP contribution in [0.1, 0.15) is 25.8 Å². The molecule has 0 aromatic heterocycles. The van der Waals surface area contributed by atoms with E-state index in [1.807, 2.05) is 13.0 Å². The van der Waals surface area contributed by atoms with Crippen LogP contribution in [0, 0.1) is 12.3 Å². The zero-order valence-electron chi connectivity index (χ0n) is 9.99. The van der Waals surface area contributed by atoms with Gasteiger partial charge in [-0.15, -0.1) is 0 Å². The molecule has 0 heterocycles. The van der Waals surface area contributed by atoms with E-state index in [9.17, 15) is 10.2 Å². The van der Waals surface area contributed by atoms with Gasteiger partial charge >= 0.3 is 0 Å². The van der Waals surface area contributed by atoms with Gasteiger partial charge in [0.25, 0.3) is 0 Å². The van der Waals surface area contributed by atoms with Crippen LogP contribution in [0.2, 0.25) is 0 Å². The van der Waals surface area contributed by atoms with Gasteiger partial charge in [-0.25, -0.2) is 0 Å². The lowest BCUT2D eigenvalue weighted by Gasteiger charge is -2.50. The van der Waals surface area contributed by atoms with Crippen molar-refractivity contribution in [3.63, 3.8) is 0 Å². The van der Waals surface area contributed by atoms with Crippen LogP contribution in [-0.4, -0.2) is 22.4 Å². The third-order valence-corrected chi connectivity index (χ3v) is 3.76. The molecule has 2 rings (SSSR count). The number of phenolic OH excluding ortho intramolecular Hbond substituents is 1. The SMILES string of the molecule is Cc1cc(O)ccc1NC1CC(O)C1(C)C. The highest BCUT2D eigenvalue weighted by Crippen LogP contribution is 2.42. The van der Waals surface area contributed by atoms with E-state index in [0.29, 0.717) is 6.04 Å². The lowest BCUT2D eigenvalue weighted by molar-refractivity contribution is -0.0510. The van der Waals surface area contributed by atoms with Gasteiger partial charge in [-0.3, -0.25) is 0 Å². The molecule has 0 aliphatic heterocycles. The summed E-state index contributed by atoms with van der Waals surface area (Å²) in [5.41, 5.74) is 1.98. The third kappa shape index (κ3) is 1.76. The first-order valence-corrected chi connectivity index (χ1v) is 5.65. The van der Waals surface area contributed by atoms with E-state index >= 15 is 0 Å². The molecule has 2 unspecified atom stereocenters. The second-order valence-electron chi connectivity index (χ2n) is 5.27. The van der Waals surface area contributed by atoms with E-state index in [4.69, 9.17) is 0 Å². The second kappa shape index (κ2) is 3.67. The number of phenols is 1. The molecule has 3 N–H and O–H groups in total. The molecule has 1 fully saturated rings. The molecule has 0 saturated heterocycles. The number of aryl methyl sites for hydroxylation is 1. The van der Waals surface area contributed by atoms with Crippen molar-refractivity contribution in [1.82, 2.24) is 0 Å². The van der Waals surface area contributed by atoms with Crippen LogP contribution in [0.5, 0.6) is 5.75 Å². The molecule has 88 valence electrons. The maximum absolute atomic E-state index is 9.66. The fraction of sp³-hybridized carbons (Fsp3) is 0.538. The fourth-order valence-electron chi connectivity index (χ4n) is 2.14. The zero-order valence-corrected chi connectivity index (χ0v) is 9.99. The van der Waals surface area contributed by atoms with Crippen LogP contribution in [0.3, 0.4) is 0 Å². The Morgan fingerprint density at radius 1 is 1.38 bits per heavy atom. The van der Waals surface area contributed by atoms with E-state index in [1.165, 1.54) is 0 Å². The van der Waals surface area contributed by atoms with Gasteiger partial charge < -0.3 is 15.5 Å². The van der Waals surface area contributed by atoms with Crippen molar-refractivity contribution in [2.75, 3.05) is 5.32 Å². The summed E-state index contributed by atoms with van der Waals surface area (Å²) in [6, 6.07) is 5.60. The van der Waals surface area contributed by atoms with Crippen LogP contribution in [0.15, 0.2) is 18.2 Å². The Bertz CT molecular complexity index is 401. The first kappa shape index (κ1) is 11.3. The van der Waals surface area contributed by atoms with Crippen molar-refractivity contribution in [3.05, 3.63) is 23.8 Å². The Morgan fingerprint density at radius 3 is 2.56 bits per heavy atom. The number of anilines is 1. The molecule has 3 heteroatoms. The smallest absolute Gasteiger partial charge is 0.115 e. The number of aromatic hydroxyl groups is 1. The summed E-state index contributed by atoms with van der Waals surface area (Å²) in [7, 11) is 0. The van der Waals surface area contributed by atoms with Crippen LogP contribution in [0.25, 0.3) is 0 Å². The van der Waals surface area contributed by atoms with Gasteiger partial charge in [0, 0.05) is 17.1 Å². The summed E-state index contributed by atoms with van der Waals surface area (Å²) >= 11 is 0. The van der Waals surface area contributed by atoms with Gasteiger partial charge in [-0.2, -0.15) is 0 Å². The van der Waals surface area contributed by atoms with Gasteiger partial charge in [-0.1, -0.05) is 13.8 Å². The molecule has 0 amide bonds. The molecular formula is C13H19NO2. The standard InChI is InChI=1S/C13H19NO2/c1-8-6-9(15)4-5-10(8)14-11-7-12(16)13(11,2)3/h4-6,11-12,14-16H,7H2,1-3H3. The lowest BCUT2D eigenvalue weighted by Crippen LogP contribution is -2.56. The third-order valence-electron chi connectivity index (χ3n) is 3.76. The Morgan fingerprint density at radius 2 is 2.06 bits per heavy atom. The average Bonchev–Trinajstić information content (AvgIpc) is 2.21. The quantitative estimate of drug-likeness (QED) is 0.671. The number of nitrogens with one attached hydrogen (secondary N) is 1. The number of aliphatic hydroxyl groups is 1. The molecule has 0 spiro atoms. The van der Waals surface area contributed by atoms with Crippen LogP contribution >= 0.6 is 0 Å². The molecule has 0 radical (unpaired) electrons. The number of hydrogen-bond acceptors (Lipinski definition) is 3. The Labute approximate surface area is 96.1 Å². The van der Waals surface area contributed by atoms with Gasteiger partial charge in [0.15, 0.2) is 0 Å². The van der Waals surface area contributed by atoms with Gasteiger partial charge in [0.2, 0.25) is 0 Å². The Kier molecular flexibility index (Phi) is 2.58. The molecule has 1 aliphatic rings. The maximum Gasteiger partial charge on any atom is 0.115 e. The van der Waals surface area contributed by atoms with Gasteiger partial charge in [-0.05, 0) is 37.1 Å². The number of rotatable bonds is 2. The minimum Gasteiger partial charge on any atom is -0.508 e. The van der Waals surface area contributed by atoms with Crippen molar-refractivity contribution in [3.8, 4) is 5.75 Å². The van der Waals surface area contributed by atoms with Gasteiger partial charge in [0.1, 0.15) is 5.75 Å². The second-order valence-corrected chi connectivity index (χ2v) is 5.27. The summed E-state index contributed by atoms with van der Waals surface area (Å²) in [4.78, 5) is 0. The zero-order chi connectivity index (χ0) is 11.9. The first-order chi connectivity index (χ1) is 7.41. The number of aliphatic hydroxyl groups excluding tert-OH is 1. The summed E-state index contributed by atoms with van der Waals surface area (Å²) in [5.74, 6) is 0.288. The monoisotopic (exact) mass is 221 g/mol. The summed E-state index contributed by atoms with van der Waals surface area (Å²) in [6.07, 6.45) is 0.565. The van der Waals surface area contributed by atoms with E-state index in [2.05, 4.69) is 19.2 Å². The van der Waals surface area contributed by atoms with Crippen molar-refractivity contribution in [2.45, 2.75) is 39.3 Å². The first-order valence-electron chi connectivity index (χ1n) is 5.65. The molecule has 1 aromatic carbocycles. The summed E-state index contributed by atoms with van der Waals surface area (Å²) in [6.45, 7) is 6.09. The van der Waals surface area contributed by atoms with E-state index < -0.39 is 0 Å². The topological polar surface area (TPSA) is 52.5 Å². The molecule has 1 saturated carbocycles. The van der Waals surface area contributed by atoms with E-state index in [-0.39, 0.29) is 17.3 Å². The lowest BCUT2D eigenvalue weighted by atomic mass is 9.64.